The highest BCUT2D eigenvalue weighted by molar-refractivity contribution is 7.93. The number of esters is 1. The fourth-order valence-corrected chi connectivity index (χ4v) is 3.73. The molecule has 6 nitrogen and oxygen atoms in total. The molecule has 19 heavy (non-hydrogen) atoms. The Labute approximate surface area is 114 Å². The first-order chi connectivity index (χ1) is 8.92. The van der Waals surface area contributed by atoms with Crippen LogP contribution < -0.4 is 0 Å². The van der Waals surface area contributed by atoms with Crippen molar-refractivity contribution in [2.45, 2.75) is 38.4 Å². The second-order valence-electron chi connectivity index (χ2n) is 4.54. The second kappa shape index (κ2) is 6.88. The lowest BCUT2D eigenvalue weighted by Gasteiger charge is -2.18. The van der Waals surface area contributed by atoms with Crippen LogP contribution in [0.5, 0.6) is 0 Å². The molecule has 0 spiro atoms. The summed E-state index contributed by atoms with van der Waals surface area (Å²) in [5.74, 6) is -1.79. The van der Waals surface area contributed by atoms with Crippen LogP contribution in [0.4, 0.5) is 0 Å². The minimum absolute atomic E-state index is 0.119. The van der Waals surface area contributed by atoms with Crippen LogP contribution in [0.2, 0.25) is 0 Å². The standard InChI is InChI=1S/C12H21NO5S/c1-3-10(12(15)18-4-2)19(16,17)9-11(14)13-7-5-6-8-13/h10H,3-9H2,1-2H3. The van der Waals surface area contributed by atoms with Crippen molar-refractivity contribution in [2.75, 3.05) is 25.4 Å². The van der Waals surface area contributed by atoms with Gasteiger partial charge in [0.1, 0.15) is 5.75 Å². The molecule has 0 aromatic heterocycles. The number of nitrogens with zero attached hydrogens (tertiary/aromatic N) is 1. The fourth-order valence-electron chi connectivity index (χ4n) is 2.13. The highest BCUT2D eigenvalue weighted by Crippen LogP contribution is 2.13. The molecule has 1 aliphatic heterocycles. The van der Waals surface area contributed by atoms with Crippen LogP contribution in [-0.2, 0) is 24.2 Å². The monoisotopic (exact) mass is 291 g/mol. The van der Waals surface area contributed by atoms with Crippen molar-refractivity contribution < 1.29 is 22.7 Å². The van der Waals surface area contributed by atoms with E-state index in [9.17, 15) is 18.0 Å². The zero-order valence-corrected chi connectivity index (χ0v) is 12.2. The normalized spacial score (nSPS) is 17.3. The van der Waals surface area contributed by atoms with Gasteiger partial charge >= 0.3 is 5.97 Å². The second-order valence-corrected chi connectivity index (χ2v) is 6.73. The number of hydrogen-bond acceptors (Lipinski definition) is 5. The van der Waals surface area contributed by atoms with Gasteiger partial charge in [0.15, 0.2) is 15.1 Å². The summed E-state index contributed by atoms with van der Waals surface area (Å²) in [5.41, 5.74) is 0. The van der Waals surface area contributed by atoms with Gasteiger partial charge in [-0.25, -0.2) is 8.42 Å². The maximum atomic E-state index is 12.1. The number of carbonyl (C=O) groups excluding carboxylic acids is 2. The Balaban J connectivity index is 2.72. The van der Waals surface area contributed by atoms with Crippen molar-refractivity contribution >= 4 is 21.7 Å². The summed E-state index contributed by atoms with van der Waals surface area (Å²) in [5, 5.41) is -1.24. The lowest BCUT2D eigenvalue weighted by Crippen LogP contribution is -2.40. The van der Waals surface area contributed by atoms with Crippen LogP contribution >= 0.6 is 0 Å². The van der Waals surface area contributed by atoms with Crippen molar-refractivity contribution in [3.8, 4) is 0 Å². The van der Waals surface area contributed by atoms with Gasteiger partial charge in [0, 0.05) is 13.1 Å². The zero-order valence-electron chi connectivity index (χ0n) is 11.4. The summed E-state index contributed by atoms with van der Waals surface area (Å²) in [6.07, 6.45) is 1.93. The molecule has 1 rings (SSSR count). The van der Waals surface area contributed by atoms with Crippen LogP contribution in [-0.4, -0.2) is 55.9 Å². The Morgan fingerprint density at radius 3 is 2.26 bits per heavy atom. The number of carbonyl (C=O) groups is 2. The van der Waals surface area contributed by atoms with E-state index < -0.39 is 32.7 Å². The Morgan fingerprint density at radius 1 is 1.21 bits per heavy atom. The van der Waals surface area contributed by atoms with E-state index in [0.717, 1.165) is 12.8 Å². The number of hydrogen-bond donors (Lipinski definition) is 0. The number of amides is 1. The van der Waals surface area contributed by atoms with Gasteiger partial charge in [-0.3, -0.25) is 9.59 Å². The smallest absolute Gasteiger partial charge is 0.324 e. The van der Waals surface area contributed by atoms with E-state index in [-0.39, 0.29) is 13.0 Å². The molecule has 0 N–H and O–H groups in total. The third kappa shape index (κ3) is 4.19. The van der Waals surface area contributed by atoms with Gasteiger partial charge in [0.2, 0.25) is 5.91 Å². The molecule has 110 valence electrons. The van der Waals surface area contributed by atoms with Gasteiger partial charge in [-0.15, -0.1) is 0 Å². The average Bonchev–Trinajstić information content (AvgIpc) is 2.82. The van der Waals surface area contributed by atoms with E-state index in [2.05, 4.69) is 0 Å². The maximum absolute atomic E-state index is 12.1. The van der Waals surface area contributed by atoms with Crippen LogP contribution in [0.1, 0.15) is 33.1 Å². The van der Waals surface area contributed by atoms with Crippen molar-refractivity contribution in [3.63, 3.8) is 0 Å². The molecule has 0 bridgehead atoms. The van der Waals surface area contributed by atoms with Gasteiger partial charge in [-0.2, -0.15) is 0 Å². The van der Waals surface area contributed by atoms with E-state index in [1.165, 1.54) is 4.90 Å². The minimum atomic E-state index is -3.80. The SMILES string of the molecule is CCOC(=O)C(CC)S(=O)(=O)CC(=O)N1CCCC1. The first-order valence-corrected chi connectivity index (χ1v) is 8.29. The predicted octanol–water partition coefficient (Wildman–Crippen LogP) is 0.365. The first kappa shape index (κ1) is 15.9. The minimum Gasteiger partial charge on any atom is -0.465 e. The van der Waals surface area contributed by atoms with Gasteiger partial charge in [-0.05, 0) is 26.2 Å². The van der Waals surface area contributed by atoms with Gasteiger partial charge in [0.25, 0.3) is 0 Å². The molecule has 0 aromatic rings. The summed E-state index contributed by atoms with van der Waals surface area (Å²) in [4.78, 5) is 25.0. The number of ether oxygens (including phenoxy) is 1. The van der Waals surface area contributed by atoms with Crippen molar-refractivity contribution in [1.29, 1.82) is 0 Å². The molecule has 1 amide bonds. The molecule has 0 saturated carbocycles. The van der Waals surface area contributed by atoms with Gasteiger partial charge in [-0.1, -0.05) is 6.92 Å². The summed E-state index contributed by atoms with van der Waals surface area (Å²) < 4.78 is 28.9. The largest absolute Gasteiger partial charge is 0.465 e. The topological polar surface area (TPSA) is 80.8 Å². The summed E-state index contributed by atoms with van der Waals surface area (Å²) in [6, 6.07) is 0. The molecule has 1 saturated heterocycles. The van der Waals surface area contributed by atoms with Crippen molar-refractivity contribution in [1.82, 2.24) is 4.90 Å². The van der Waals surface area contributed by atoms with Crippen molar-refractivity contribution in [3.05, 3.63) is 0 Å². The van der Waals surface area contributed by atoms with E-state index in [1.807, 2.05) is 0 Å². The number of likely N-dealkylation sites (tertiary alicyclic amines) is 1. The molecule has 0 aromatic carbocycles. The summed E-state index contributed by atoms with van der Waals surface area (Å²) in [6.45, 7) is 4.55. The Kier molecular flexibility index (Phi) is 5.78. The van der Waals surface area contributed by atoms with Crippen LogP contribution in [0.15, 0.2) is 0 Å². The molecule has 1 aliphatic rings. The van der Waals surface area contributed by atoms with E-state index >= 15 is 0 Å². The first-order valence-electron chi connectivity index (χ1n) is 6.58. The Hall–Kier alpha value is -1.11. The lowest BCUT2D eigenvalue weighted by molar-refractivity contribution is -0.142. The van der Waals surface area contributed by atoms with E-state index in [0.29, 0.717) is 13.1 Å². The van der Waals surface area contributed by atoms with Crippen LogP contribution in [0, 0.1) is 0 Å². The molecule has 1 unspecified atom stereocenters. The molecular weight excluding hydrogens is 270 g/mol. The zero-order chi connectivity index (χ0) is 14.5. The highest BCUT2D eigenvalue weighted by atomic mass is 32.2. The average molecular weight is 291 g/mol. The van der Waals surface area contributed by atoms with Crippen molar-refractivity contribution in [2.24, 2.45) is 0 Å². The Morgan fingerprint density at radius 2 is 1.79 bits per heavy atom. The third-order valence-electron chi connectivity index (χ3n) is 3.14. The van der Waals surface area contributed by atoms with Gasteiger partial charge < -0.3 is 9.64 Å². The number of rotatable bonds is 6. The molecule has 0 aliphatic carbocycles. The van der Waals surface area contributed by atoms with E-state index in [1.54, 1.807) is 13.8 Å². The summed E-state index contributed by atoms with van der Waals surface area (Å²) in [7, 11) is -3.80. The van der Waals surface area contributed by atoms with Crippen LogP contribution in [0.3, 0.4) is 0 Å². The Bertz CT molecular complexity index is 425. The molecule has 7 heteroatoms. The molecule has 0 radical (unpaired) electrons. The van der Waals surface area contributed by atoms with E-state index in [4.69, 9.17) is 4.74 Å². The number of sulfone groups is 1. The predicted molar refractivity (Wildman–Crippen MR) is 70.3 cm³/mol. The fraction of sp³-hybridized carbons (Fsp3) is 0.833. The molecule has 1 atom stereocenters. The molecule has 1 fully saturated rings. The summed E-state index contributed by atoms with van der Waals surface area (Å²) >= 11 is 0. The third-order valence-corrected chi connectivity index (χ3v) is 5.18. The highest BCUT2D eigenvalue weighted by Gasteiger charge is 2.35. The molecular formula is C12H21NO5S. The van der Waals surface area contributed by atoms with Gasteiger partial charge in [0.05, 0.1) is 6.61 Å². The maximum Gasteiger partial charge on any atom is 0.324 e. The quantitative estimate of drug-likeness (QED) is 0.660. The van der Waals surface area contributed by atoms with Crippen LogP contribution in [0.25, 0.3) is 0 Å². The molecule has 1 heterocycles. The lowest BCUT2D eigenvalue weighted by atomic mass is 10.3.